The van der Waals surface area contributed by atoms with Gasteiger partial charge in [-0.1, -0.05) is 6.07 Å². The number of aromatic nitrogens is 2. The molecule has 2 N–H and O–H groups in total. The molecule has 2 heterocycles. The Bertz CT molecular complexity index is 655. The maximum Gasteiger partial charge on any atom is 0.417 e. The maximum atomic E-state index is 12.6. The van der Waals surface area contributed by atoms with Gasteiger partial charge in [0.2, 0.25) is 0 Å². The van der Waals surface area contributed by atoms with Crippen LogP contribution in [0.15, 0.2) is 42.7 Å². The van der Waals surface area contributed by atoms with Gasteiger partial charge < -0.3 is 10.4 Å². The Morgan fingerprint density at radius 1 is 1.17 bits per heavy atom. The Hall–Kier alpha value is -2.15. The monoisotopic (exact) mass is 337 g/mol. The van der Waals surface area contributed by atoms with Crippen molar-refractivity contribution in [3.05, 3.63) is 54.0 Å². The van der Waals surface area contributed by atoms with Gasteiger partial charge in [0.15, 0.2) is 0 Å². The minimum atomic E-state index is -4.39. The summed E-state index contributed by atoms with van der Waals surface area (Å²) in [6.45, 7) is 0. The normalized spacial score (nSPS) is 21.8. The largest absolute Gasteiger partial charge is 0.417 e. The molecule has 24 heavy (non-hydrogen) atoms. The van der Waals surface area contributed by atoms with Crippen LogP contribution in [0.4, 0.5) is 19.0 Å². The van der Waals surface area contributed by atoms with Crippen LogP contribution in [-0.2, 0) is 12.6 Å². The lowest BCUT2D eigenvalue weighted by atomic mass is 9.76. The van der Waals surface area contributed by atoms with Gasteiger partial charge in [0, 0.05) is 30.6 Å². The van der Waals surface area contributed by atoms with Gasteiger partial charge in [-0.3, -0.25) is 4.98 Å². The fourth-order valence-electron chi connectivity index (χ4n) is 2.88. The van der Waals surface area contributed by atoms with Crippen LogP contribution >= 0.6 is 0 Å². The first-order valence-electron chi connectivity index (χ1n) is 7.79. The second-order valence-electron chi connectivity index (χ2n) is 6.09. The highest BCUT2D eigenvalue weighted by atomic mass is 19.4. The number of pyridine rings is 2. The van der Waals surface area contributed by atoms with Gasteiger partial charge in [0.25, 0.3) is 0 Å². The summed E-state index contributed by atoms with van der Waals surface area (Å²) in [5.74, 6) is 0.636. The molecule has 0 bridgehead atoms. The molecule has 2 aromatic rings. The van der Waals surface area contributed by atoms with Crippen molar-refractivity contribution >= 4 is 5.82 Å². The number of aliphatic hydroxyl groups excluding tert-OH is 1. The van der Waals surface area contributed by atoms with Crippen molar-refractivity contribution in [2.75, 3.05) is 5.32 Å². The first-order chi connectivity index (χ1) is 11.4. The lowest BCUT2D eigenvalue weighted by Crippen LogP contribution is -2.42. The molecule has 1 aliphatic rings. The average molecular weight is 337 g/mol. The molecule has 1 saturated carbocycles. The van der Waals surface area contributed by atoms with E-state index >= 15 is 0 Å². The number of hydrogen-bond donors (Lipinski definition) is 2. The number of nitrogens with zero attached hydrogens (tertiary/aromatic N) is 2. The zero-order valence-electron chi connectivity index (χ0n) is 12.9. The average Bonchev–Trinajstić information content (AvgIpc) is 2.52. The molecule has 1 atom stereocenters. The third-order valence-corrected chi connectivity index (χ3v) is 4.30. The second kappa shape index (κ2) is 6.76. The minimum Gasteiger partial charge on any atom is -0.393 e. The molecule has 0 saturated heterocycles. The first-order valence-corrected chi connectivity index (χ1v) is 7.79. The van der Waals surface area contributed by atoms with E-state index in [0.717, 1.165) is 18.0 Å². The Labute approximate surface area is 137 Å². The summed E-state index contributed by atoms with van der Waals surface area (Å²) in [4.78, 5) is 8.17. The summed E-state index contributed by atoms with van der Waals surface area (Å²) in [6, 6.07) is 7.95. The molecule has 0 aliphatic heterocycles. The van der Waals surface area contributed by atoms with Crippen LogP contribution in [0.2, 0.25) is 0 Å². The quantitative estimate of drug-likeness (QED) is 0.879. The molecule has 7 heteroatoms. The molecule has 3 rings (SSSR count). The van der Waals surface area contributed by atoms with Gasteiger partial charge >= 0.3 is 6.18 Å². The number of alkyl halides is 3. The highest BCUT2D eigenvalue weighted by molar-refractivity contribution is 5.38. The summed E-state index contributed by atoms with van der Waals surface area (Å²) in [5.41, 5.74) is 0.122. The van der Waals surface area contributed by atoms with E-state index in [1.807, 2.05) is 18.2 Å². The van der Waals surface area contributed by atoms with Gasteiger partial charge in [-0.2, -0.15) is 13.2 Å². The van der Waals surface area contributed by atoms with E-state index in [1.54, 1.807) is 6.20 Å². The summed E-state index contributed by atoms with van der Waals surface area (Å²) in [5, 5.41) is 12.7. The van der Waals surface area contributed by atoms with Crippen LogP contribution in [0.5, 0.6) is 0 Å². The molecule has 4 nitrogen and oxygen atoms in total. The van der Waals surface area contributed by atoms with E-state index in [0.29, 0.717) is 25.1 Å². The molecule has 1 aliphatic carbocycles. The lowest BCUT2D eigenvalue weighted by molar-refractivity contribution is -0.137. The SMILES string of the molecule is OC1CC([C@@H](Cc2ccccn2)Nc2ccc(C(F)(F)F)cn2)C1. The van der Waals surface area contributed by atoms with Crippen molar-refractivity contribution in [1.82, 2.24) is 9.97 Å². The highest BCUT2D eigenvalue weighted by Crippen LogP contribution is 2.33. The van der Waals surface area contributed by atoms with Crippen molar-refractivity contribution in [3.63, 3.8) is 0 Å². The Kier molecular flexibility index (Phi) is 4.71. The Balaban J connectivity index is 1.71. The third kappa shape index (κ3) is 4.03. The number of rotatable bonds is 5. The molecule has 1 fully saturated rings. The minimum absolute atomic E-state index is 0.0347. The van der Waals surface area contributed by atoms with E-state index < -0.39 is 11.7 Å². The molecule has 2 aromatic heterocycles. The maximum absolute atomic E-state index is 12.6. The number of hydrogen-bond acceptors (Lipinski definition) is 4. The fraction of sp³-hybridized carbons (Fsp3) is 0.412. The van der Waals surface area contributed by atoms with Gasteiger partial charge in [0.1, 0.15) is 5.82 Å². The van der Waals surface area contributed by atoms with Crippen LogP contribution in [-0.4, -0.2) is 27.2 Å². The van der Waals surface area contributed by atoms with Gasteiger partial charge in [-0.25, -0.2) is 4.98 Å². The van der Waals surface area contributed by atoms with E-state index in [2.05, 4.69) is 15.3 Å². The van der Waals surface area contributed by atoms with Crippen LogP contribution in [0.3, 0.4) is 0 Å². The second-order valence-corrected chi connectivity index (χ2v) is 6.09. The Morgan fingerprint density at radius 2 is 1.96 bits per heavy atom. The van der Waals surface area contributed by atoms with E-state index in [1.165, 1.54) is 6.07 Å². The molecule has 0 radical (unpaired) electrons. The number of aliphatic hydroxyl groups is 1. The molecular weight excluding hydrogens is 319 g/mol. The Morgan fingerprint density at radius 3 is 2.50 bits per heavy atom. The van der Waals surface area contributed by atoms with Crippen LogP contribution < -0.4 is 5.32 Å². The van der Waals surface area contributed by atoms with E-state index in [4.69, 9.17) is 0 Å². The topological polar surface area (TPSA) is 58.0 Å². The first kappa shape index (κ1) is 16.7. The smallest absolute Gasteiger partial charge is 0.393 e. The lowest BCUT2D eigenvalue weighted by Gasteiger charge is -2.38. The standard InChI is InChI=1S/C17H18F3N3O/c18-17(19,20)12-4-5-16(22-10-12)23-15(11-7-14(24)8-11)9-13-3-1-2-6-21-13/h1-6,10-11,14-15,24H,7-9H2,(H,22,23)/t11?,14?,15-/m1/s1. The van der Waals surface area contributed by atoms with Crippen LogP contribution in [0, 0.1) is 5.92 Å². The summed E-state index contributed by atoms with van der Waals surface area (Å²) < 4.78 is 37.8. The number of anilines is 1. The molecule has 0 unspecified atom stereocenters. The third-order valence-electron chi connectivity index (χ3n) is 4.30. The fourth-order valence-corrected chi connectivity index (χ4v) is 2.88. The molecule has 0 amide bonds. The van der Waals surface area contributed by atoms with Crippen LogP contribution in [0.25, 0.3) is 0 Å². The summed E-state index contributed by atoms with van der Waals surface area (Å²) in [6.07, 6.45) is -0.189. The van der Waals surface area contributed by atoms with Crippen molar-refractivity contribution in [3.8, 4) is 0 Å². The zero-order chi connectivity index (χ0) is 17.2. The van der Waals surface area contributed by atoms with Crippen molar-refractivity contribution in [2.24, 2.45) is 5.92 Å². The highest BCUT2D eigenvalue weighted by Gasteiger charge is 2.35. The van der Waals surface area contributed by atoms with Gasteiger partial charge in [-0.15, -0.1) is 0 Å². The van der Waals surface area contributed by atoms with E-state index in [-0.39, 0.29) is 18.1 Å². The summed E-state index contributed by atoms with van der Waals surface area (Å²) in [7, 11) is 0. The predicted octanol–water partition coefficient (Wildman–Crippen LogP) is 3.29. The molecule has 0 spiro atoms. The summed E-state index contributed by atoms with van der Waals surface area (Å²) >= 11 is 0. The number of nitrogens with one attached hydrogen (secondary N) is 1. The van der Waals surface area contributed by atoms with Crippen molar-refractivity contribution in [2.45, 2.75) is 37.6 Å². The zero-order valence-corrected chi connectivity index (χ0v) is 12.9. The van der Waals surface area contributed by atoms with Crippen molar-refractivity contribution in [1.29, 1.82) is 0 Å². The predicted molar refractivity (Wildman–Crippen MR) is 83.3 cm³/mol. The molecular formula is C17H18F3N3O. The number of halogens is 3. The van der Waals surface area contributed by atoms with Gasteiger partial charge in [0.05, 0.1) is 11.7 Å². The van der Waals surface area contributed by atoms with Gasteiger partial charge in [-0.05, 0) is 43.0 Å². The molecule has 0 aromatic carbocycles. The molecule has 128 valence electrons. The van der Waals surface area contributed by atoms with Crippen LogP contribution in [0.1, 0.15) is 24.1 Å². The van der Waals surface area contributed by atoms with E-state index in [9.17, 15) is 18.3 Å². The van der Waals surface area contributed by atoms with Crippen molar-refractivity contribution < 1.29 is 18.3 Å².